The van der Waals surface area contributed by atoms with E-state index >= 15 is 0 Å². The van der Waals surface area contributed by atoms with E-state index in [1.807, 2.05) is 11.0 Å². The van der Waals surface area contributed by atoms with Gasteiger partial charge in [0.1, 0.15) is 34.4 Å². The molecule has 0 aliphatic carbocycles. The molecule has 0 unspecified atom stereocenters. The maximum absolute atomic E-state index is 13.8. The van der Waals surface area contributed by atoms with Crippen LogP contribution in [0.25, 0.3) is 11.3 Å². The molecule has 6 aromatic heterocycles. The summed E-state index contributed by atoms with van der Waals surface area (Å²) in [4.78, 5) is 56.2. The summed E-state index contributed by atoms with van der Waals surface area (Å²) >= 11 is 0. The van der Waals surface area contributed by atoms with Gasteiger partial charge in [-0.15, -0.1) is 0 Å². The fraction of sp³-hybridized carbons (Fsp3) is 0.351. The van der Waals surface area contributed by atoms with Crippen LogP contribution >= 0.6 is 0 Å². The maximum Gasteiger partial charge on any atom is 0.343 e. The minimum absolute atomic E-state index is 0.123. The summed E-state index contributed by atoms with van der Waals surface area (Å²) in [6.45, 7) is 5.43. The van der Waals surface area contributed by atoms with Crippen LogP contribution in [0.1, 0.15) is 83.5 Å². The molecule has 8 rings (SSSR count). The third-order valence-corrected chi connectivity index (χ3v) is 9.45. The number of ether oxygens (including phenoxy) is 3. The highest BCUT2D eigenvalue weighted by atomic mass is 19.1. The first-order chi connectivity index (χ1) is 26.7. The Bertz CT molecular complexity index is 2420. The molecule has 2 fully saturated rings. The zero-order valence-electron chi connectivity index (χ0n) is 30.3. The van der Waals surface area contributed by atoms with Gasteiger partial charge < -0.3 is 29.0 Å². The Labute approximate surface area is 312 Å². The summed E-state index contributed by atoms with van der Waals surface area (Å²) in [5.74, 6) is -0.178. The number of carbonyl (C=O) groups is 2. The highest BCUT2D eigenvalue weighted by Gasteiger charge is 2.32. The van der Waals surface area contributed by atoms with Crippen molar-refractivity contribution in [1.29, 1.82) is 0 Å². The third kappa shape index (κ3) is 7.39. The number of methoxy groups -OCH3 is 1. The van der Waals surface area contributed by atoms with Gasteiger partial charge in [-0.3, -0.25) is 4.79 Å². The van der Waals surface area contributed by atoms with E-state index < -0.39 is 23.6 Å². The fourth-order valence-electron chi connectivity index (χ4n) is 7.05. The van der Waals surface area contributed by atoms with E-state index in [1.54, 1.807) is 32.3 Å². The number of hydrogen-bond donors (Lipinski definition) is 1. The van der Waals surface area contributed by atoms with Crippen LogP contribution in [0.15, 0.2) is 66.2 Å². The smallest absolute Gasteiger partial charge is 0.343 e. The molecule has 2 atom stereocenters. The quantitative estimate of drug-likeness (QED) is 0.198. The minimum atomic E-state index is -0.489. The highest BCUT2D eigenvalue weighted by molar-refractivity contribution is 5.96. The Morgan fingerprint density at radius 3 is 1.85 bits per heavy atom. The number of fused-ring (bicyclic) bond motifs is 2. The van der Waals surface area contributed by atoms with Crippen LogP contribution in [0.5, 0.6) is 5.88 Å². The van der Waals surface area contributed by atoms with Crippen LogP contribution in [-0.4, -0.2) is 84.5 Å². The second kappa shape index (κ2) is 15.9. The van der Waals surface area contributed by atoms with Crippen molar-refractivity contribution in [2.75, 3.05) is 43.2 Å². The molecule has 0 aromatic carbocycles. The predicted molar refractivity (Wildman–Crippen MR) is 194 cm³/mol. The molecule has 6 aromatic rings. The summed E-state index contributed by atoms with van der Waals surface area (Å²) in [6, 6.07) is 5.91. The number of hydrogen-bond acceptors (Lipinski definition) is 13. The largest absolute Gasteiger partial charge is 0.481 e. The summed E-state index contributed by atoms with van der Waals surface area (Å²) in [6.07, 6.45) is 11.8. The van der Waals surface area contributed by atoms with Gasteiger partial charge in [-0.25, -0.2) is 42.4 Å². The maximum atomic E-state index is 13.8. The summed E-state index contributed by atoms with van der Waals surface area (Å²) < 4.78 is 46.0. The Morgan fingerprint density at radius 1 is 0.800 bits per heavy atom. The van der Waals surface area contributed by atoms with Gasteiger partial charge in [0.15, 0.2) is 11.3 Å². The van der Waals surface area contributed by atoms with Crippen LogP contribution in [-0.2, 0) is 9.47 Å². The van der Waals surface area contributed by atoms with E-state index in [9.17, 15) is 23.2 Å². The van der Waals surface area contributed by atoms with Crippen molar-refractivity contribution in [1.82, 2.24) is 39.2 Å². The highest BCUT2D eigenvalue weighted by Crippen LogP contribution is 2.39. The van der Waals surface area contributed by atoms with E-state index in [2.05, 4.69) is 35.0 Å². The first kappa shape index (κ1) is 36.9. The normalized spacial score (nSPS) is 16.7. The summed E-state index contributed by atoms with van der Waals surface area (Å²) in [5, 5.41) is 8.28. The lowest BCUT2D eigenvalue weighted by molar-refractivity contribution is 0.0518. The molecule has 55 heavy (non-hydrogen) atoms. The van der Waals surface area contributed by atoms with E-state index in [1.165, 1.54) is 40.7 Å². The lowest BCUT2D eigenvalue weighted by Crippen LogP contribution is -2.28. The Morgan fingerprint density at radius 2 is 1.33 bits per heavy atom. The Kier molecular flexibility index (Phi) is 10.6. The standard InChI is InChI=1S/C19H20FN5O3.C18H18FN5O3/c1-3-28-19(26)14-11-22-25-8-6-16(23-17(14)25)24-7-4-5-15(24)13-9-12(20)10-21-18(13)27-2;1-2-27-18(26)13-10-21-24-7-5-15(22-16(13)24)23-6-3-4-14(23)12-8-11(19)9-20-17(12)25/h6,8-11,15H,3-5,7H2,1-2H3;5,7-10,14H,2-4,6H2,1H3,(H,20,25)/t15-;14-/m11/s1. The van der Waals surface area contributed by atoms with E-state index in [4.69, 9.17) is 14.2 Å². The average molecular weight is 757 g/mol. The molecule has 0 spiro atoms. The summed E-state index contributed by atoms with van der Waals surface area (Å²) in [7, 11) is 1.52. The van der Waals surface area contributed by atoms with Crippen LogP contribution < -0.4 is 20.1 Å². The fourth-order valence-corrected chi connectivity index (χ4v) is 7.05. The third-order valence-electron chi connectivity index (χ3n) is 9.45. The number of rotatable bonds is 9. The first-order valence-electron chi connectivity index (χ1n) is 17.8. The molecule has 1 N–H and O–H groups in total. The lowest BCUT2D eigenvalue weighted by Gasteiger charge is -2.26. The number of nitrogens with one attached hydrogen (secondary N) is 1. The summed E-state index contributed by atoms with van der Waals surface area (Å²) in [5.41, 5.74) is 2.12. The first-order valence-corrected chi connectivity index (χ1v) is 17.8. The van der Waals surface area contributed by atoms with E-state index in [0.29, 0.717) is 58.5 Å². The van der Waals surface area contributed by atoms with E-state index in [-0.39, 0.29) is 36.4 Å². The zero-order chi connectivity index (χ0) is 38.6. The molecule has 0 amide bonds. The van der Waals surface area contributed by atoms with Gasteiger partial charge in [-0.2, -0.15) is 10.2 Å². The van der Waals surface area contributed by atoms with Crippen molar-refractivity contribution in [3.63, 3.8) is 0 Å². The molecule has 18 heteroatoms. The van der Waals surface area contributed by atoms with Gasteiger partial charge in [-0.1, -0.05) is 0 Å². The number of anilines is 2. The van der Waals surface area contributed by atoms with Crippen LogP contribution in [0.2, 0.25) is 0 Å². The van der Waals surface area contributed by atoms with E-state index in [0.717, 1.165) is 38.2 Å². The Balaban J connectivity index is 0.000000169. The number of H-pyrrole nitrogens is 1. The molecule has 2 aliphatic rings. The number of pyridine rings is 2. The van der Waals surface area contributed by atoms with Crippen LogP contribution in [0, 0.1) is 11.6 Å². The number of nitrogens with zero attached hydrogens (tertiary/aromatic N) is 9. The minimum Gasteiger partial charge on any atom is -0.481 e. The molecular formula is C37H38F2N10O6. The van der Waals surface area contributed by atoms with Crippen molar-refractivity contribution in [3.8, 4) is 5.88 Å². The number of carbonyl (C=O) groups excluding carboxylic acids is 2. The monoisotopic (exact) mass is 756 g/mol. The molecule has 0 radical (unpaired) electrons. The van der Waals surface area contributed by atoms with Crippen molar-refractivity contribution >= 4 is 34.9 Å². The molecule has 0 saturated carbocycles. The topological polar surface area (TPSA) is 174 Å². The zero-order valence-corrected chi connectivity index (χ0v) is 30.3. The second-order valence-corrected chi connectivity index (χ2v) is 12.7. The SMILES string of the molecule is CCOC(=O)c1cnn2ccc(N3CCC[C@@H]3c3cc(F)c[nH]c3=O)nc12.CCOC(=O)c1cnn2ccc(N3CCC[C@@H]3c3cc(F)cnc3OC)nc12. The lowest BCUT2D eigenvalue weighted by atomic mass is 10.1. The van der Waals surface area contributed by atoms with Crippen LogP contribution in [0.4, 0.5) is 20.4 Å². The molecule has 0 bridgehead atoms. The van der Waals surface area contributed by atoms with Gasteiger partial charge in [0.25, 0.3) is 5.56 Å². The molecule has 16 nitrogen and oxygen atoms in total. The van der Waals surface area contributed by atoms with Crippen molar-refractivity contribution in [2.45, 2.75) is 51.6 Å². The van der Waals surface area contributed by atoms with Gasteiger partial charge >= 0.3 is 11.9 Å². The molecular weight excluding hydrogens is 718 g/mol. The van der Waals surface area contributed by atoms with Crippen molar-refractivity contribution < 1.29 is 32.6 Å². The molecule has 2 aliphatic heterocycles. The predicted octanol–water partition coefficient (Wildman–Crippen LogP) is 4.87. The number of aromatic amines is 1. The van der Waals surface area contributed by atoms with Gasteiger partial charge in [-0.05, 0) is 63.8 Å². The van der Waals surface area contributed by atoms with Crippen molar-refractivity contribution in [2.24, 2.45) is 0 Å². The van der Waals surface area contributed by atoms with Crippen LogP contribution in [0.3, 0.4) is 0 Å². The molecule has 2 saturated heterocycles. The number of aromatic nitrogens is 8. The molecule has 286 valence electrons. The Hall–Kier alpha value is -6.46. The van der Waals surface area contributed by atoms with Gasteiger partial charge in [0.05, 0.1) is 51.0 Å². The average Bonchev–Trinajstić information content (AvgIpc) is 4.02. The van der Waals surface area contributed by atoms with Gasteiger partial charge in [0, 0.05) is 42.8 Å². The number of halogens is 2. The van der Waals surface area contributed by atoms with Crippen molar-refractivity contribution in [3.05, 3.63) is 106 Å². The second-order valence-electron chi connectivity index (χ2n) is 12.7. The van der Waals surface area contributed by atoms with Gasteiger partial charge in [0.2, 0.25) is 5.88 Å². The number of esters is 2. The molecule has 8 heterocycles.